The molecule has 0 spiro atoms. The van der Waals surface area contributed by atoms with Gasteiger partial charge in [-0.05, 0) is 32.6 Å². The Kier molecular flexibility index (Phi) is 27.1. The van der Waals surface area contributed by atoms with Gasteiger partial charge < -0.3 is 25.0 Å². The van der Waals surface area contributed by atoms with E-state index in [2.05, 4.69) is 5.32 Å². The molecule has 0 saturated heterocycles. The number of carbonyl (C=O) groups is 4. The number of carboxylic acid groups (broad SMARTS) is 2. The normalized spacial score (nSPS) is 11.8. The molecule has 0 fully saturated rings. The first kappa shape index (κ1) is 38.0. The molecule has 0 unspecified atom stereocenters. The van der Waals surface area contributed by atoms with Crippen molar-refractivity contribution < 1.29 is 38.9 Å². The second-order valence-electron chi connectivity index (χ2n) is 10.7. The predicted octanol–water partition coefficient (Wildman–Crippen LogP) is 6.31. The molecule has 0 saturated carbocycles. The minimum Gasteiger partial charge on any atom is -0.481 e. The summed E-state index contributed by atoms with van der Waals surface area (Å²) in [5, 5.41) is 20.9. The number of amides is 1. The summed E-state index contributed by atoms with van der Waals surface area (Å²) in [4.78, 5) is 46.3. The molecule has 1 atom stereocenters. The van der Waals surface area contributed by atoms with E-state index in [0.717, 1.165) is 38.5 Å². The van der Waals surface area contributed by atoms with Crippen LogP contribution in [-0.4, -0.2) is 66.8 Å². The number of carbonyl (C=O) groups excluding carboxylic acids is 2. The van der Waals surface area contributed by atoms with E-state index < -0.39 is 17.9 Å². The lowest BCUT2D eigenvalue weighted by molar-refractivity contribution is -0.144. The zero-order chi connectivity index (χ0) is 29.7. The molecule has 3 N–H and O–H groups in total. The van der Waals surface area contributed by atoms with Crippen LogP contribution in [0.25, 0.3) is 0 Å². The summed E-state index contributed by atoms with van der Waals surface area (Å²) in [6.07, 6.45) is 17.3. The lowest BCUT2D eigenvalue weighted by Gasteiger charge is -2.12. The van der Waals surface area contributed by atoms with Crippen molar-refractivity contribution >= 4 is 23.6 Å². The first-order valence-electron chi connectivity index (χ1n) is 15.7. The molecular formula is C31H57NO8. The Morgan fingerprint density at radius 3 is 1.62 bits per heavy atom. The van der Waals surface area contributed by atoms with Crippen LogP contribution in [-0.2, 0) is 28.7 Å². The maximum absolute atomic E-state index is 12.3. The molecule has 0 aromatic rings. The fourth-order valence-electron chi connectivity index (χ4n) is 4.57. The third kappa shape index (κ3) is 27.6. The number of nitrogens with one attached hydrogen (secondary N) is 1. The van der Waals surface area contributed by atoms with Crippen LogP contribution in [0.3, 0.4) is 0 Å². The number of unbranched alkanes of at least 4 members (excludes halogenated alkanes) is 13. The molecule has 0 aromatic heterocycles. The second kappa shape index (κ2) is 28.5. The molecule has 9 nitrogen and oxygen atoms in total. The topological polar surface area (TPSA) is 139 Å². The Bertz CT molecular complexity index is 655. The average Bonchev–Trinajstić information content (AvgIpc) is 2.91. The number of aliphatic carboxylic acids is 2. The molecule has 1 amide bonds. The van der Waals surface area contributed by atoms with Gasteiger partial charge in [-0.2, -0.15) is 0 Å². The summed E-state index contributed by atoms with van der Waals surface area (Å²) >= 11 is 0. The van der Waals surface area contributed by atoms with E-state index in [9.17, 15) is 24.3 Å². The summed E-state index contributed by atoms with van der Waals surface area (Å²) in [5.41, 5.74) is 0. The fraction of sp³-hybridized carbons (Fsp3) is 0.871. The molecule has 0 aliphatic rings. The highest BCUT2D eigenvalue weighted by molar-refractivity contribution is 5.84. The van der Waals surface area contributed by atoms with Crippen LogP contribution in [0.4, 0.5) is 0 Å². The quantitative estimate of drug-likeness (QED) is 0.0822. The van der Waals surface area contributed by atoms with Gasteiger partial charge in [-0.1, -0.05) is 77.0 Å². The van der Waals surface area contributed by atoms with E-state index in [0.29, 0.717) is 45.8 Å². The molecule has 0 bridgehead atoms. The standard InChI is InChI=1S/C31H57NO8/c1-2-39-24-25-40-23-17-22-32-29(34)21-20-27(31(37)38)26-28(33)18-15-13-11-9-7-5-3-4-6-8-10-12-14-16-19-30(35)36/h27H,2-26H2,1H3,(H,32,34)(H,35,36)(H,37,38)/t27-/m1/s1. The Morgan fingerprint density at radius 2 is 1.12 bits per heavy atom. The Labute approximate surface area is 242 Å². The molecule has 0 rings (SSSR count). The lowest BCUT2D eigenvalue weighted by atomic mass is 9.94. The van der Waals surface area contributed by atoms with E-state index in [1.165, 1.54) is 51.4 Å². The summed E-state index contributed by atoms with van der Waals surface area (Å²) in [6.45, 7) is 4.67. The van der Waals surface area contributed by atoms with E-state index >= 15 is 0 Å². The van der Waals surface area contributed by atoms with E-state index in [1.54, 1.807) is 0 Å². The summed E-state index contributed by atoms with van der Waals surface area (Å²) in [7, 11) is 0. The van der Waals surface area contributed by atoms with Crippen molar-refractivity contribution in [3.8, 4) is 0 Å². The molecule has 0 radical (unpaired) electrons. The van der Waals surface area contributed by atoms with Gasteiger partial charge >= 0.3 is 11.9 Å². The number of hydrogen-bond acceptors (Lipinski definition) is 6. The maximum atomic E-state index is 12.3. The highest BCUT2D eigenvalue weighted by Crippen LogP contribution is 2.17. The van der Waals surface area contributed by atoms with E-state index in [4.69, 9.17) is 14.6 Å². The van der Waals surface area contributed by atoms with Gasteiger partial charge in [-0.25, -0.2) is 0 Å². The van der Waals surface area contributed by atoms with Crippen LogP contribution in [0.15, 0.2) is 0 Å². The highest BCUT2D eigenvalue weighted by atomic mass is 16.5. The Hall–Kier alpha value is -2.00. The van der Waals surface area contributed by atoms with Crippen LogP contribution >= 0.6 is 0 Å². The molecule has 40 heavy (non-hydrogen) atoms. The van der Waals surface area contributed by atoms with E-state index in [-0.39, 0.29) is 37.4 Å². The van der Waals surface area contributed by atoms with Crippen molar-refractivity contribution in [2.75, 3.05) is 33.0 Å². The highest BCUT2D eigenvalue weighted by Gasteiger charge is 2.22. The van der Waals surface area contributed by atoms with Crippen molar-refractivity contribution in [3.05, 3.63) is 0 Å². The predicted molar refractivity (Wildman–Crippen MR) is 156 cm³/mol. The van der Waals surface area contributed by atoms with Crippen LogP contribution in [0.1, 0.15) is 135 Å². The lowest BCUT2D eigenvalue weighted by Crippen LogP contribution is -2.27. The van der Waals surface area contributed by atoms with Gasteiger partial charge in [0.25, 0.3) is 0 Å². The minimum atomic E-state index is -1.01. The van der Waals surface area contributed by atoms with Crippen molar-refractivity contribution in [2.45, 2.75) is 135 Å². The molecule has 9 heteroatoms. The minimum absolute atomic E-state index is 0.00137. The number of rotatable bonds is 31. The number of hydrogen-bond donors (Lipinski definition) is 3. The smallest absolute Gasteiger partial charge is 0.306 e. The van der Waals surface area contributed by atoms with Gasteiger partial charge in [0.1, 0.15) is 5.78 Å². The maximum Gasteiger partial charge on any atom is 0.306 e. The first-order valence-corrected chi connectivity index (χ1v) is 15.7. The van der Waals surface area contributed by atoms with Gasteiger partial charge in [0.2, 0.25) is 5.91 Å². The van der Waals surface area contributed by atoms with Crippen molar-refractivity contribution in [2.24, 2.45) is 5.92 Å². The van der Waals surface area contributed by atoms with Crippen LogP contribution in [0.5, 0.6) is 0 Å². The number of Topliss-reactive ketones (excluding diaryl/α,β-unsaturated/α-hetero) is 1. The van der Waals surface area contributed by atoms with Crippen molar-refractivity contribution in [1.29, 1.82) is 0 Å². The van der Waals surface area contributed by atoms with Gasteiger partial charge in [-0.3, -0.25) is 19.2 Å². The average molecular weight is 572 g/mol. The monoisotopic (exact) mass is 571 g/mol. The van der Waals surface area contributed by atoms with E-state index in [1.807, 2.05) is 6.92 Å². The number of ether oxygens (including phenoxy) is 2. The zero-order valence-electron chi connectivity index (χ0n) is 25.1. The SMILES string of the molecule is CCOCCOCCCNC(=O)CC[C@H](CC(=O)CCCCCCCCCCCCCCCCC(=O)O)C(=O)O. The summed E-state index contributed by atoms with van der Waals surface area (Å²) in [6, 6.07) is 0. The second-order valence-corrected chi connectivity index (χ2v) is 10.7. The Balaban J connectivity index is 3.64. The summed E-state index contributed by atoms with van der Waals surface area (Å²) in [5.74, 6) is -2.75. The third-order valence-electron chi connectivity index (χ3n) is 7.00. The molecule has 0 aliphatic carbocycles. The molecule has 0 aliphatic heterocycles. The van der Waals surface area contributed by atoms with Crippen molar-refractivity contribution in [1.82, 2.24) is 5.32 Å². The fourth-order valence-corrected chi connectivity index (χ4v) is 4.57. The van der Waals surface area contributed by atoms with Gasteiger partial charge in [0.15, 0.2) is 0 Å². The molecular weight excluding hydrogens is 514 g/mol. The van der Waals surface area contributed by atoms with Crippen LogP contribution in [0.2, 0.25) is 0 Å². The van der Waals surface area contributed by atoms with Gasteiger partial charge in [0, 0.05) is 45.4 Å². The molecule has 0 aromatic carbocycles. The number of ketones is 1. The first-order chi connectivity index (χ1) is 19.4. The Morgan fingerprint density at radius 1 is 0.625 bits per heavy atom. The van der Waals surface area contributed by atoms with Crippen molar-refractivity contribution in [3.63, 3.8) is 0 Å². The molecule has 0 heterocycles. The zero-order valence-corrected chi connectivity index (χ0v) is 25.1. The third-order valence-corrected chi connectivity index (χ3v) is 7.00. The van der Waals surface area contributed by atoms with Crippen LogP contribution in [0, 0.1) is 5.92 Å². The molecule has 234 valence electrons. The van der Waals surface area contributed by atoms with Gasteiger partial charge in [0.05, 0.1) is 19.1 Å². The number of carboxylic acids is 2. The van der Waals surface area contributed by atoms with Crippen LogP contribution < -0.4 is 5.32 Å². The largest absolute Gasteiger partial charge is 0.481 e. The van der Waals surface area contributed by atoms with Gasteiger partial charge in [-0.15, -0.1) is 0 Å². The summed E-state index contributed by atoms with van der Waals surface area (Å²) < 4.78 is 10.6.